The minimum absolute atomic E-state index is 0.0581. The highest BCUT2D eigenvalue weighted by atomic mass is 16.5. The summed E-state index contributed by atoms with van der Waals surface area (Å²) in [5.41, 5.74) is 0.963. The predicted molar refractivity (Wildman–Crippen MR) is 66.5 cm³/mol. The van der Waals surface area contributed by atoms with E-state index in [2.05, 4.69) is 5.32 Å². The normalized spacial score (nSPS) is 16.0. The van der Waals surface area contributed by atoms with Crippen molar-refractivity contribution in [2.75, 3.05) is 27.3 Å². The lowest BCUT2D eigenvalue weighted by Gasteiger charge is -2.21. The summed E-state index contributed by atoms with van der Waals surface area (Å²) in [6.07, 6.45) is 0. The number of hydrogen-bond donors (Lipinski definition) is 1. The zero-order chi connectivity index (χ0) is 13.1. The maximum Gasteiger partial charge on any atom is 0.261 e. The molecule has 1 N–H and O–H groups in total. The molecule has 1 atom stereocenters. The molecule has 1 aromatic carbocycles. The van der Waals surface area contributed by atoms with Gasteiger partial charge < -0.3 is 10.1 Å². The highest BCUT2D eigenvalue weighted by molar-refractivity contribution is 6.21. The molecule has 0 aliphatic carbocycles. The molecule has 1 heterocycles. The van der Waals surface area contributed by atoms with Crippen molar-refractivity contribution in [1.29, 1.82) is 0 Å². The molecule has 1 aromatic rings. The van der Waals surface area contributed by atoms with Crippen molar-refractivity contribution in [2.24, 2.45) is 0 Å². The number of benzene rings is 1. The van der Waals surface area contributed by atoms with Crippen LogP contribution >= 0.6 is 0 Å². The second-order valence-electron chi connectivity index (χ2n) is 4.21. The van der Waals surface area contributed by atoms with E-state index in [-0.39, 0.29) is 17.9 Å². The number of carbonyl (C=O) groups excluding carboxylic acids is 2. The fourth-order valence-electron chi connectivity index (χ4n) is 2.05. The molecule has 96 valence electrons. The largest absolute Gasteiger partial charge is 0.383 e. The van der Waals surface area contributed by atoms with E-state index in [0.717, 1.165) is 0 Å². The Morgan fingerprint density at radius 2 is 1.78 bits per heavy atom. The molecule has 0 aromatic heterocycles. The summed E-state index contributed by atoms with van der Waals surface area (Å²) in [4.78, 5) is 25.5. The average molecular weight is 248 g/mol. The first-order chi connectivity index (χ1) is 8.69. The first-order valence-corrected chi connectivity index (χ1v) is 5.80. The van der Waals surface area contributed by atoms with Gasteiger partial charge in [0, 0.05) is 19.7 Å². The second-order valence-corrected chi connectivity index (χ2v) is 4.21. The molecule has 1 unspecified atom stereocenters. The molecule has 1 aliphatic heterocycles. The number of methoxy groups -OCH3 is 1. The van der Waals surface area contributed by atoms with Gasteiger partial charge in [0.05, 0.1) is 17.7 Å². The fraction of sp³-hybridized carbons (Fsp3) is 0.385. The molecule has 5 heteroatoms. The van der Waals surface area contributed by atoms with E-state index < -0.39 is 0 Å². The molecule has 0 saturated heterocycles. The lowest BCUT2D eigenvalue weighted by Crippen LogP contribution is -2.44. The van der Waals surface area contributed by atoms with Gasteiger partial charge >= 0.3 is 0 Å². The minimum Gasteiger partial charge on any atom is -0.383 e. The SMILES string of the molecule is CNC(COC)CN1C(=O)c2ccccc2C1=O. The second kappa shape index (κ2) is 5.29. The molecule has 1 aliphatic rings. The van der Waals surface area contributed by atoms with Crippen molar-refractivity contribution >= 4 is 11.8 Å². The van der Waals surface area contributed by atoms with Gasteiger partial charge in [-0.3, -0.25) is 14.5 Å². The van der Waals surface area contributed by atoms with Gasteiger partial charge in [0.25, 0.3) is 11.8 Å². The first kappa shape index (κ1) is 12.7. The molecule has 5 nitrogen and oxygen atoms in total. The van der Waals surface area contributed by atoms with Crippen LogP contribution in [0.15, 0.2) is 24.3 Å². The standard InChI is InChI=1S/C13H16N2O3/c1-14-9(8-18-2)7-15-12(16)10-5-3-4-6-11(10)13(15)17/h3-6,9,14H,7-8H2,1-2H3. The van der Waals surface area contributed by atoms with Crippen molar-refractivity contribution in [3.8, 4) is 0 Å². The number of rotatable bonds is 5. The Kier molecular flexibility index (Phi) is 3.74. The number of nitrogens with one attached hydrogen (secondary N) is 1. The van der Waals surface area contributed by atoms with Crippen LogP contribution in [0, 0.1) is 0 Å². The maximum absolute atomic E-state index is 12.1. The number of nitrogens with zero attached hydrogens (tertiary/aromatic N) is 1. The third kappa shape index (κ3) is 2.14. The van der Waals surface area contributed by atoms with Crippen molar-refractivity contribution in [3.63, 3.8) is 0 Å². The zero-order valence-electron chi connectivity index (χ0n) is 10.5. The van der Waals surface area contributed by atoms with Crippen LogP contribution in [-0.2, 0) is 4.74 Å². The molecular weight excluding hydrogens is 232 g/mol. The number of likely N-dealkylation sites (N-methyl/N-ethyl adjacent to an activating group) is 1. The Balaban J connectivity index is 2.18. The lowest BCUT2D eigenvalue weighted by molar-refractivity contribution is 0.0613. The van der Waals surface area contributed by atoms with E-state index in [1.807, 2.05) is 0 Å². The smallest absolute Gasteiger partial charge is 0.261 e. The molecular formula is C13H16N2O3. The van der Waals surface area contributed by atoms with Gasteiger partial charge in [-0.2, -0.15) is 0 Å². The molecule has 0 saturated carbocycles. The van der Waals surface area contributed by atoms with Crippen LogP contribution in [-0.4, -0.2) is 50.1 Å². The third-order valence-corrected chi connectivity index (χ3v) is 3.06. The Labute approximate surface area is 106 Å². The summed E-state index contributed by atoms with van der Waals surface area (Å²) >= 11 is 0. The molecule has 2 amide bonds. The van der Waals surface area contributed by atoms with Crippen molar-refractivity contribution in [1.82, 2.24) is 10.2 Å². The number of fused-ring (bicyclic) bond motifs is 1. The van der Waals surface area contributed by atoms with Gasteiger partial charge in [-0.25, -0.2) is 0 Å². The van der Waals surface area contributed by atoms with Gasteiger partial charge in [-0.1, -0.05) is 12.1 Å². The van der Waals surface area contributed by atoms with E-state index in [1.54, 1.807) is 38.4 Å². The van der Waals surface area contributed by atoms with Gasteiger partial charge in [0.2, 0.25) is 0 Å². The van der Waals surface area contributed by atoms with Crippen LogP contribution in [0.2, 0.25) is 0 Å². The van der Waals surface area contributed by atoms with E-state index in [9.17, 15) is 9.59 Å². The summed E-state index contributed by atoms with van der Waals surface area (Å²) in [6, 6.07) is 6.83. The number of carbonyl (C=O) groups is 2. The highest BCUT2D eigenvalue weighted by Gasteiger charge is 2.35. The van der Waals surface area contributed by atoms with Crippen molar-refractivity contribution in [3.05, 3.63) is 35.4 Å². The number of ether oxygens (including phenoxy) is 1. The number of amides is 2. The monoisotopic (exact) mass is 248 g/mol. The summed E-state index contributed by atoms with van der Waals surface area (Å²) in [5.74, 6) is -0.459. The van der Waals surface area contributed by atoms with Crippen LogP contribution in [0.3, 0.4) is 0 Å². The van der Waals surface area contributed by atoms with Crippen LogP contribution in [0.25, 0.3) is 0 Å². The summed E-state index contributed by atoms with van der Waals surface area (Å²) in [7, 11) is 3.37. The summed E-state index contributed by atoms with van der Waals surface area (Å²) < 4.78 is 5.04. The van der Waals surface area contributed by atoms with Gasteiger partial charge in [0.15, 0.2) is 0 Å². The predicted octanol–water partition coefficient (Wildman–Crippen LogP) is 0.517. The van der Waals surface area contributed by atoms with Gasteiger partial charge in [-0.05, 0) is 19.2 Å². The Morgan fingerprint density at radius 1 is 1.22 bits per heavy atom. The van der Waals surface area contributed by atoms with E-state index in [0.29, 0.717) is 24.3 Å². The van der Waals surface area contributed by atoms with Gasteiger partial charge in [0.1, 0.15) is 0 Å². The summed E-state index contributed by atoms with van der Waals surface area (Å²) in [6.45, 7) is 0.764. The van der Waals surface area contributed by atoms with E-state index in [1.165, 1.54) is 4.90 Å². The molecule has 0 spiro atoms. The van der Waals surface area contributed by atoms with E-state index in [4.69, 9.17) is 4.74 Å². The average Bonchev–Trinajstić information content (AvgIpc) is 2.64. The topological polar surface area (TPSA) is 58.6 Å². The molecule has 0 radical (unpaired) electrons. The zero-order valence-corrected chi connectivity index (χ0v) is 10.5. The number of imide groups is 1. The van der Waals surface area contributed by atoms with Crippen molar-refractivity contribution < 1.29 is 14.3 Å². The van der Waals surface area contributed by atoms with Gasteiger partial charge in [-0.15, -0.1) is 0 Å². The maximum atomic E-state index is 12.1. The first-order valence-electron chi connectivity index (χ1n) is 5.80. The molecule has 2 rings (SSSR count). The van der Waals surface area contributed by atoms with Crippen LogP contribution in [0.1, 0.15) is 20.7 Å². The molecule has 0 bridgehead atoms. The minimum atomic E-state index is -0.230. The highest BCUT2D eigenvalue weighted by Crippen LogP contribution is 2.22. The Bertz CT molecular complexity index is 438. The quantitative estimate of drug-likeness (QED) is 0.772. The molecule has 18 heavy (non-hydrogen) atoms. The Hall–Kier alpha value is -1.72. The van der Waals surface area contributed by atoms with Crippen LogP contribution in [0.4, 0.5) is 0 Å². The van der Waals surface area contributed by atoms with Crippen LogP contribution < -0.4 is 5.32 Å². The van der Waals surface area contributed by atoms with E-state index >= 15 is 0 Å². The summed E-state index contributed by atoms with van der Waals surface area (Å²) in [5, 5.41) is 3.03. The van der Waals surface area contributed by atoms with Crippen molar-refractivity contribution in [2.45, 2.75) is 6.04 Å². The Morgan fingerprint density at radius 3 is 2.22 bits per heavy atom. The fourth-order valence-corrected chi connectivity index (χ4v) is 2.05. The third-order valence-electron chi connectivity index (χ3n) is 3.06. The van der Waals surface area contributed by atoms with Crippen LogP contribution in [0.5, 0.6) is 0 Å². The number of hydrogen-bond acceptors (Lipinski definition) is 4. The lowest BCUT2D eigenvalue weighted by atomic mass is 10.1. The molecule has 0 fully saturated rings.